The number of oxime groups is 1. The minimum Gasteiger partial charge on any atom is -0.435 e. The summed E-state index contributed by atoms with van der Waals surface area (Å²) in [5.74, 6) is 0.0550. The van der Waals surface area contributed by atoms with E-state index < -0.39 is 5.79 Å². The lowest BCUT2D eigenvalue weighted by atomic mass is 10.4. The average Bonchev–Trinajstić information content (AvgIpc) is 1.82. The molecule has 0 aromatic heterocycles. The highest BCUT2D eigenvalue weighted by Gasteiger charge is 2.27. The van der Waals surface area contributed by atoms with E-state index >= 15 is 0 Å². The van der Waals surface area contributed by atoms with Gasteiger partial charge >= 0.3 is 0 Å². The molecule has 46 valence electrons. The molecule has 0 saturated heterocycles. The van der Waals surface area contributed by atoms with Crippen LogP contribution in [0, 0.1) is 0 Å². The van der Waals surface area contributed by atoms with Crippen LogP contribution in [0.5, 0.6) is 0 Å². The van der Waals surface area contributed by atoms with Crippen LogP contribution in [-0.2, 0) is 9.57 Å². The van der Waals surface area contributed by atoms with Crippen molar-refractivity contribution in [2.45, 2.75) is 26.6 Å². The zero-order chi connectivity index (χ0) is 6.20. The van der Waals surface area contributed by atoms with Crippen molar-refractivity contribution in [1.29, 1.82) is 0 Å². The minimum atomic E-state index is -0.538. The molecule has 8 heavy (non-hydrogen) atoms. The van der Waals surface area contributed by atoms with Crippen LogP contribution in [0.4, 0.5) is 0 Å². The van der Waals surface area contributed by atoms with Crippen LogP contribution < -0.4 is 0 Å². The number of rotatable bonds is 0. The van der Waals surface area contributed by atoms with Crippen LogP contribution >= 0.6 is 0 Å². The SMILES string of the molecule is CC1=NOC(C)(C)O1. The molecule has 0 amide bonds. The van der Waals surface area contributed by atoms with Gasteiger partial charge in [0.15, 0.2) is 0 Å². The van der Waals surface area contributed by atoms with Gasteiger partial charge in [0.2, 0.25) is 5.90 Å². The molecule has 0 atom stereocenters. The third-order valence-corrected chi connectivity index (χ3v) is 0.788. The van der Waals surface area contributed by atoms with Gasteiger partial charge in [0.1, 0.15) is 0 Å². The van der Waals surface area contributed by atoms with Gasteiger partial charge in [0.05, 0.1) is 0 Å². The maximum atomic E-state index is 5.08. The van der Waals surface area contributed by atoms with Crippen molar-refractivity contribution < 1.29 is 9.57 Å². The van der Waals surface area contributed by atoms with Crippen molar-refractivity contribution in [2.75, 3.05) is 0 Å². The Balaban J connectivity index is 2.55. The van der Waals surface area contributed by atoms with Crippen molar-refractivity contribution in [2.24, 2.45) is 5.16 Å². The molecular formula is C5H9NO2. The van der Waals surface area contributed by atoms with E-state index in [2.05, 4.69) is 5.16 Å². The van der Waals surface area contributed by atoms with Gasteiger partial charge in [-0.2, -0.15) is 0 Å². The molecule has 1 rings (SSSR count). The largest absolute Gasteiger partial charge is 0.435 e. The van der Waals surface area contributed by atoms with E-state index in [0.717, 1.165) is 0 Å². The summed E-state index contributed by atoms with van der Waals surface area (Å²) >= 11 is 0. The van der Waals surface area contributed by atoms with Crippen LogP contribution in [0.1, 0.15) is 20.8 Å². The second-order valence-electron chi connectivity index (χ2n) is 2.20. The van der Waals surface area contributed by atoms with Crippen LogP contribution in [0.2, 0.25) is 0 Å². The van der Waals surface area contributed by atoms with Crippen molar-refractivity contribution in [3.63, 3.8) is 0 Å². The van der Waals surface area contributed by atoms with Crippen LogP contribution in [0.15, 0.2) is 5.16 Å². The summed E-state index contributed by atoms with van der Waals surface area (Å²) in [4.78, 5) is 4.82. The normalized spacial score (nSPS) is 23.6. The molecule has 3 heteroatoms. The molecule has 0 radical (unpaired) electrons. The Morgan fingerprint density at radius 3 is 2.25 bits per heavy atom. The quantitative estimate of drug-likeness (QED) is 0.473. The van der Waals surface area contributed by atoms with E-state index in [4.69, 9.17) is 9.57 Å². The van der Waals surface area contributed by atoms with Gasteiger partial charge in [0.25, 0.3) is 5.79 Å². The number of nitrogens with zero attached hydrogens (tertiary/aromatic N) is 1. The Bertz CT molecular complexity index is 128. The highest BCUT2D eigenvalue weighted by molar-refractivity contribution is 5.73. The first-order valence-electron chi connectivity index (χ1n) is 2.52. The summed E-state index contributed by atoms with van der Waals surface area (Å²) in [6, 6.07) is 0. The van der Waals surface area contributed by atoms with Gasteiger partial charge in [-0.15, -0.1) is 0 Å². The predicted octanol–water partition coefficient (Wildman–Crippen LogP) is 1.10. The highest BCUT2D eigenvalue weighted by atomic mass is 16.8. The number of hydrogen-bond acceptors (Lipinski definition) is 3. The summed E-state index contributed by atoms with van der Waals surface area (Å²) in [5, 5.41) is 3.58. The molecule has 0 aromatic carbocycles. The molecule has 0 bridgehead atoms. The number of ether oxygens (including phenoxy) is 1. The predicted molar refractivity (Wildman–Crippen MR) is 29.4 cm³/mol. The third-order valence-electron chi connectivity index (χ3n) is 0.788. The fourth-order valence-corrected chi connectivity index (χ4v) is 0.567. The van der Waals surface area contributed by atoms with E-state index in [1.165, 1.54) is 0 Å². The molecule has 0 unspecified atom stereocenters. The fourth-order valence-electron chi connectivity index (χ4n) is 0.567. The monoisotopic (exact) mass is 115 g/mol. The molecule has 3 nitrogen and oxygen atoms in total. The number of hydrogen-bond donors (Lipinski definition) is 0. The standard InChI is InChI=1S/C5H9NO2/c1-4-6-8-5(2,3)7-4/h1-3H3. The van der Waals surface area contributed by atoms with E-state index in [9.17, 15) is 0 Å². The smallest absolute Gasteiger partial charge is 0.271 e. The molecule has 0 N–H and O–H groups in total. The van der Waals surface area contributed by atoms with E-state index in [0.29, 0.717) is 5.90 Å². The molecule has 0 saturated carbocycles. The molecule has 1 aliphatic rings. The Labute approximate surface area is 48.3 Å². The lowest BCUT2D eigenvalue weighted by Gasteiger charge is -2.13. The molecular weight excluding hydrogens is 106 g/mol. The van der Waals surface area contributed by atoms with Gasteiger partial charge in [-0.25, -0.2) is 0 Å². The average molecular weight is 115 g/mol. The second kappa shape index (κ2) is 1.37. The maximum absolute atomic E-state index is 5.08. The van der Waals surface area contributed by atoms with Crippen molar-refractivity contribution in [3.05, 3.63) is 0 Å². The van der Waals surface area contributed by atoms with E-state index in [1.54, 1.807) is 6.92 Å². The van der Waals surface area contributed by atoms with Gasteiger partial charge in [-0.1, -0.05) is 0 Å². The molecule has 0 spiro atoms. The van der Waals surface area contributed by atoms with Crippen molar-refractivity contribution in [1.82, 2.24) is 0 Å². The Morgan fingerprint density at radius 2 is 2.12 bits per heavy atom. The topological polar surface area (TPSA) is 30.8 Å². The molecule has 0 aliphatic carbocycles. The molecule has 1 heterocycles. The van der Waals surface area contributed by atoms with Crippen LogP contribution in [0.3, 0.4) is 0 Å². The van der Waals surface area contributed by atoms with Crippen LogP contribution in [0.25, 0.3) is 0 Å². The van der Waals surface area contributed by atoms with Crippen molar-refractivity contribution in [3.8, 4) is 0 Å². The summed E-state index contributed by atoms with van der Waals surface area (Å²) < 4.78 is 5.08. The summed E-state index contributed by atoms with van der Waals surface area (Å²) in [6.45, 7) is 5.38. The van der Waals surface area contributed by atoms with Crippen molar-refractivity contribution >= 4 is 5.90 Å². The second-order valence-corrected chi connectivity index (χ2v) is 2.20. The Hall–Kier alpha value is -0.730. The van der Waals surface area contributed by atoms with E-state index in [-0.39, 0.29) is 0 Å². The lowest BCUT2D eigenvalue weighted by molar-refractivity contribution is -0.129. The first kappa shape index (κ1) is 5.41. The zero-order valence-corrected chi connectivity index (χ0v) is 5.26. The summed E-state index contributed by atoms with van der Waals surface area (Å²) in [7, 11) is 0. The molecule has 0 fully saturated rings. The summed E-state index contributed by atoms with van der Waals surface area (Å²) in [5.41, 5.74) is 0. The third kappa shape index (κ3) is 0.911. The highest BCUT2D eigenvalue weighted by Crippen LogP contribution is 2.17. The van der Waals surface area contributed by atoms with Crippen LogP contribution in [-0.4, -0.2) is 11.7 Å². The first-order valence-corrected chi connectivity index (χ1v) is 2.52. The van der Waals surface area contributed by atoms with Gasteiger partial charge in [-0.05, 0) is 5.16 Å². The minimum absolute atomic E-state index is 0.538. The summed E-state index contributed by atoms with van der Waals surface area (Å²) in [6.07, 6.45) is 0. The maximum Gasteiger partial charge on any atom is 0.271 e. The van der Waals surface area contributed by atoms with Gasteiger partial charge in [0, 0.05) is 20.8 Å². The Kier molecular flexibility index (Phi) is 0.927. The fraction of sp³-hybridized carbons (Fsp3) is 0.800. The molecule has 0 aromatic rings. The Morgan fingerprint density at radius 1 is 1.50 bits per heavy atom. The van der Waals surface area contributed by atoms with Gasteiger partial charge < -0.3 is 9.57 Å². The van der Waals surface area contributed by atoms with E-state index in [1.807, 2.05) is 13.8 Å². The van der Waals surface area contributed by atoms with Gasteiger partial charge in [-0.3, -0.25) is 0 Å². The first-order chi connectivity index (χ1) is 3.60. The lowest BCUT2D eigenvalue weighted by Crippen LogP contribution is -2.21. The molecule has 1 aliphatic heterocycles. The zero-order valence-electron chi connectivity index (χ0n) is 5.26.